The number of aromatic nitrogens is 1. The van der Waals surface area contributed by atoms with Crippen molar-refractivity contribution in [1.82, 2.24) is 10.3 Å². The molecular formula is C19H17N3O. The highest BCUT2D eigenvalue weighted by atomic mass is 16.1. The number of nitrogens with zero attached hydrogens (tertiary/aromatic N) is 1. The van der Waals surface area contributed by atoms with Crippen LogP contribution in [0.1, 0.15) is 27.5 Å². The van der Waals surface area contributed by atoms with Crippen molar-refractivity contribution in [3.05, 3.63) is 95.8 Å². The number of hydrogen-bond donors (Lipinski definition) is 2. The van der Waals surface area contributed by atoms with E-state index in [1.165, 1.54) is 6.20 Å². The van der Waals surface area contributed by atoms with Gasteiger partial charge in [0.05, 0.1) is 11.6 Å². The average Bonchev–Trinajstić information content (AvgIpc) is 2.61. The second kappa shape index (κ2) is 6.75. The molecular weight excluding hydrogens is 286 g/mol. The molecule has 1 amide bonds. The Morgan fingerprint density at radius 3 is 2.00 bits per heavy atom. The fourth-order valence-electron chi connectivity index (χ4n) is 2.45. The highest BCUT2D eigenvalue weighted by molar-refractivity contribution is 5.99. The first-order valence-corrected chi connectivity index (χ1v) is 7.36. The van der Waals surface area contributed by atoms with Crippen LogP contribution >= 0.6 is 0 Å². The van der Waals surface area contributed by atoms with Crippen molar-refractivity contribution in [1.29, 1.82) is 0 Å². The lowest BCUT2D eigenvalue weighted by molar-refractivity contribution is 0.0943. The summed E-state index contributed by atoms with van der Waals surface area (Å²) < 4.78 is 0. The number of nitrogens with two attached hydrogens (primary N) is 1. The normalized spacial score (nSPS) is 10.5. The van der Waals surface area contributed by atoms with Gasteiger partial charge < -0.3 is 11.1 Å². The van der Waals surface area contributed by atoms with Crippen molar-refractivity contribution in [2.24, 2.45) is 0 Å². The summed E-state index contributed by atoms with van der Waals surface area (Å²) in [6, 6.07) is 21.1. The molecule has 0 unspecified atom stereocenters. The van der Waals surface area contributed by atoms with Gasteiger partial charge >= 0.3 is 0 Å². The highest BCUT2D eigenvalue weighted by Crippen LogP contribution is 2.22. The number of amides is 1. The van der Waals surface area contributed by atoms with Gasteiger partial charge in [0, 0.05) is 18.1 Å². The maximum atomic E-state index is 12.6. The Hall–Kier alpha value is -3.14. The molecule has 2 aromatic carbocycles. The summed E-state index contributed by atoms with van der Waals surface area (Å²) in [5, 5.41) is 3.05. The predicted octanol–water partition coefficient (Wildman–Crippen LogP) is 3.18. The molecule has 0 bridgehead atoms. The zero-order chi connectivity index (χ0) is 16.1. The molecule has 0 saturated heterocycles. The summed E-state index contributed by atoms with van der Waals surface area (Å²) in [7, 11) is 0. The largest absolute Gasteiger partial charge is 0.398 e. The van der Waals surface area contributed by atoms with E-state index in [9.17, 15) is 4.79 Å². The lowest BCUT2D eigenvalue weighted by Crippen LogP contribution is -2.30. The van der Waals surface area contributed by atoms with Gasteiger partial charge in [-0.15, -0.1) is 0 Å². The van der Waals surface area contributed by atoms with E-state index in [4.69, 9.17) is 5.73 Å². The Balaban J connectivity index is 1.94. The Kier molecular flexibility index (Phi) is 4.34. The van der Waals surface area contributed by atoms with Crippen molar-refractivity contribution in [2.75, 3.05) is 5.73 Å². The van der Waals surface area contributed by atoms with E-state index >= 15 is 0 Å². The zero-order valence-corrected chi connectivity index (χ0v) is 12.5. The summed E-state index contributed by atoms with van der Waals surface area (Å²) in [4.78, 5) is 16.6. The molecule has 114 valence electrons. The van der Waals surface area contributed by atoms with E-state index < -0.39 is 0 Å². The Morgan fingerprint density at radius 1 is 0.913 bits per heavy atom. The Morgan fingerprint density at radius 2 is 1.48 bits per heavy atom. The van der Waals surface area contributed by atoms with Crippen LogP contribution in [0.5, 0.6) is 0 Å². The van der Waals surface area contributed by atoms with Crippen LogP contribution < -0.4 is 11.1 Å². The van der Waals surface area contributed by atoms with Gasteiger partial charge in [0.15, 0.2) is 0 Å². The maximum Gasteiger partial charge on any atom is 0.255 e. The lowest BCUT2D eigenvalue weighted by atomic mass is 9.98. The highest BCUT2D eigenvalue weighted by Gasteiger charge is 2.18. The average molecular weight is 303 g/mol. The molecule has 0 aliphatic rings. The molecule has 0 aliphatic heterocycles. The quantitative estimate of drug-likeness (QED) is 0.778. The lowest BCUT2D eigenvalue weighted by Gasteiger charge is -2.20. The van der Waals surface area contributed by atoms with Gasteiger partial charge in [0.2, 0.25) is 0 Å². The third kappa shape index (κ3) is 3.37. The van der Waals surface area contributed by atoms with Crippen molar-refractivity contribution in [3.63, 3.8) is 0 Å². The minimum atomic E-state index is -0.246. The molecule has 0 saturated carbocycles. The van der Waals surface area contributed by atoms with Crippen LogP contribution in [0.3, 0.4) is 0 Å². The number of anilines is 1. The summed E-state index contributed by atoms with van der Waals surface area (Å²) in [5.74, 6) is -0.242. The number of carbonyl (C=O) groups excluding carboxylic acids is 1. The van der Waals surface area contributed by atoms with Crippen LogP contribution in [0.2, 0.25) is 0 Å². The molecule has 0 radical (unpaired) electrons. The summed E-state index contributed by atoms with van der Waals surface area (Å²) in [5.41, 5.74) is 8.68. The molecule has 3 N–H and O–H groups in total. The molecule has 4 heteroatoms. The number of nitrogens with one attached hydrogen (secondary N) is 1. The monoisotopic (exact) mass is 303 g/mol. The predicted molar refractivity (Wildman–Crippen MR) is 90.8 cm³/mol. The first-order valence-electron chi connectivity index (χ1n) is 7.36. The number of carbonyl (C=O) groups is 1. The van der Waals surface area contributed by atoms with E-state index in [1.807, 2.05) is 60.7 Å². The minimum Gasteiger partial charge on any atom is -0.398 e. The number of benzene rings is 2. The van der Waals surface area contributed by atoms with Gasteiger partial charge in [0.25, 0.3) is 5.91 Å². The van der Waals surface area contributed by atoms with Crippen LogP contribution in [0.15, 0.2) is 79.1 Å². The van der Waals surface area contributed by atoms with E-state index in [2.05, 4.69) is 10.3 Å². The molecule has 1 aromatic heterocycles. The van der Waals surface area contributed by atoms with Gasteiger partial charge in [-0.05, 0) is 17.2 Å². The standard InChI is InChI=1S/C19H17N3O/c20-17-11-12-21-13-16(17)19(23)22-18(14-7-3-1-4-8-14)15-9-5-2-6-10-15/h1-13,18H,(H2,20,21)(H,22,23). The van der Waals surface area contributed by atoms with Crippen LogP contribution in [0, 0.1) is 0 Å². The van der Waals surface area contributed by atoms with Gasteiger partial charge in [0.1, 0.15) is 0 Å². The van der Waals surface area contributed by atoms with Crippen molar-refractivity contribution in [3.8, 4) is 0 Å². The molecule has 4 nitrogen and oxygen atoms in total. The summed E-state index contributed by atoms with van der Waals surface area (Å²) in [6.45, 7) is 0. The van der Waals surface area contributed by atoms with Crippen LogP contribution in [-0.2, 0) is 0 Å². The molecule has 3 rings (SSSR count). The Labute approximate surface area is 135 Å². The summed E-state index contributed by atoms with van der Waals surface area (Å²) in [6.07, 6.45) is 3.05. The zero-order valence-electron chi connectivity index (χ0n) is 12.5. The SMILES string of the molecule is Nc1ccncc1C(=O)NC(c1ccccc1)c1ccccc1. The Bertz CT molecular complexity index is 748. The fraction of sp³-hybridized carbons (Fsp3) is 0.0526. The summed E-state index contributed by atoms with van der Waals surface area (Å²) >= 11 is 0. The van der Waals surface area contributed by atoms with Crippen LogP contribution in [0.4, 0.5) is 5.69 Å². The number of nitrogen functional groups attached to an aromatic ring is 1. The van der Waals surface area contributed by atoms with Gasteiger partial charge in [-0.2, -0.15) is 0 Å². The van der Waals surface area contributed by atoms with Crippen LogP contribution in [-0.4, -0.2) is 10.9 Å². The molecule has 0 spiro atoms. The molecule has 0 fully saturated rings. The number of pyridine rings is 1. The van der Waals surface area contributed by atoms with Gasteiger partial charge in [-0.25, -0.2) is 0 Å². The molecule has 23 heavy (non-hydrogen) atoms. The minimum absolute atomic E-state index is 0.242. The first-order chi connectivity index (χ1) is 11.3. The van der Waals surface area contributed by atoms with E-state index in [-0.39, 0.29) is 11.9 Å². The van der Waals surface area contributed by atoms with Crippen molar-refractivity contribution >= 4 is 11.6 Å². The van der Waals surface area contributed by atoms with E-state index in [0.29, 0.717) is 11.3 Å². The number of hydrogen-bond acceptors (Lipinski definition) is 3. The molecule has 1 heterocycles. The molecule has 0 atom stereocenters. The second-order valence-electron chi connectivity index (χ2n) is 5.19. The van der Waals surface area contributed by atoms with E-state index in [0.717, 1.165) is 11.1 Å². The van der Waals surface area contributed by atoms with Crippen LogP contribution in [0.25, 0.3) is 0 Å². The topological polar surface area (TPSA) is 68.0 Å². The van der Waals surface area contributed by atoms with Gasteiger partial charge in [-0.3, -0.25) is 9.78 Å². The third-order valence-electron chi connectivity index (χ3n) is 3.64. The first kappa shape index (κ1) is 14.8. The smallest absolute Gasteiger partial charge is 0.255 e. The molecule has 3 aromatic rings. The maximum absolute atomic E-state index is 12.6. The van der Waals surface area contributed by atoms with Gasteiger partial charge in [-0.1, -0.05) is 60.7 Å². The second-order valence-corrected chi connectivity index (χ2v) is 5.19. The van der Waals surface area contributed by atoms with E-state index in [1.54, 1.807) is 12.3 Å². The third-order valence-corrected chi connectivity index (χ3v) is 3.64. The molecule has 0 aliphatic carbocycles. The van der Waals surface area contributed by atoms with Crippen molar-refractivity contribution < 1.29 is 4.79 Å². The van der Waals surface area contributed by atoms with Crippen molar-refractivity contribution in [2.45, 2.75) is 6.04 Å². The fourth-order valence-corrected chi connectivity index (χ4v) is 2.45. The number of rotatable bonds is 4.